The minimum Gasteiger partial charge on any atom is -0.487 e. The van der Waals surface area contributed by atoms with Gasteiger partial charge in [0.05, 0.1) is 23.7 Å². The number of carbonyl (C=O) groups excluding carboxylic acids is 1. The zero-order valence-electron chi connectivity index (χ0n) is 15.7. The molecular weight excluding hydrogens is 403 g/mol. The number of hydrogen-bond donors (Lipinski definition) is 2. The maximum atomic E-state index is 13.1. The van der Waals surface area contributed by atoms with E-state index in [0.717, 1.165) is 18.5 Å². The quantitative estimate of drug-likeness (QED) is 0.568. The van der Waals surface area contributed by atoms with Gasteiger partial charge in [-0.3, -0.25) is 4.79 Å². The summed E-state index contributed by atoms with van der Waals surface area (Å²) in [7, 11) is 0. The van der Waals surface area contributed by atoms with E-state index in [1.165, 1.54) is 17.4 Å². The first-order chi connectivity index (χ1) is 13.8. The normalized spacial score (nSPS) is 15.4. The largest absolute Gasteiger partial charge is 0.487 e. The van der Waals surface area contributed by atoms with Crippen molar-refractivity contribution in [3.05, 3.63) is 46.0 Å². The van der Waals surface area contributed by atoms with Crippen molar-refractivity contribution >= 4 is 28.1 Å². The van der Waals surface area contributed by atoms with E-state index in [4.69, 9.17) is 4.74 Å². The number of aromatic nitrogens is 2. The Labute approximate surface area is 169 Å². The number of nitrogens with one attached hydrogen (secondary N) is 2. The van der Waals surface area contributed by atoms with E-state index in [-0.39, 0.29) is 35.8 Å². The highest BCUT2D eigenvalue weighted by molar-refractivity contribution is 7.07. The fourth-order valence-electron chi connectivity index (χ4n) is 3.17. The number of halogens is 3. The molecule has 9 heteroatoms. The Morgan fingerprint density at radius 3 is 2.83 bits per heavy atom. The number of hydrogen-bond acceptors (Lipinski definition) is 4. The fraction of sp³-hybridized carbons (Fsp3) is 0.400. The van der Waals surface area contributed by atoms with E-state index < -0.39 is 12.6 Å². The van der Waals surface area contributed by atoms with Gasteiger partial charge in [-0.1, -0.05) is 0 Å². The zero-order valence-corrected chi connectivity index (χ0v) is 16.5. The van der Waals surface area contributed by atoms with Gasteiger partial charge in [0.2, 0.25) is 5.91 Å². The highest BCUT2D eigenvalue weighted by atomic mass is 32.1. The Bertz CT molecular complexity index is 1010. The van der Waals surface area contributed by atoms with Crippen molar-refractivity contribution in [2.24, 2.45) is 5.92 Å². The Hall–Kier alpha value is -2.55. The van der Waals surface area contributed by atoms with Crippen LogP contribution in [0.4, 0.5) is 13.2 Å². The lowest BCUT2D eigenvalue weighted by Gasteiger charge is -2.13. The van der Waals surface area contributed by atoms with E-state index in [9.17, 15) is 18.0 Å². The summed E-state index contributed by atoms with van der Waals surface area (Å²) in [5, 5.41) is 5.38. The monoisotopic (exact) mass is 423 g/mol. The lowest BCUT2D eigenvalue weighted by Crippen LogP contribution is -2.28. The lowest BCUT2D eigenvalue weighted by atomic mass is 10.1. The van der Waals surface area contributed by atoms with Crippen LogP contribution in [0, 0.1) is 5.92 Å². The van der Waals surface area contributed by atoms with Crippen molar-refractivity contribution in [1.82, 2.24) is 15.3 Å². The fourth-order valence-corrected chi connectivity index (χ4v) is 3.71. The molecule has 1 atom stereocenters. The molecule has 1 aromatic carbocycles. The van der Waals surface area contributed by atoms with Gasteiger partial charge < -0.3 is 15.0 Å². The van der Waals surface area contributed by atoms with Crippen LogP contribution in [0.2, 0.25) is 0 Å². The molecule has 1 aliphatic rings. The average molecular weight is 423 g/mol. The van der Waals surface area contributed by atoms with E-state index >= 15 is 0 Å². The molecule has 4 rings (SSSR count). The van der Waals surface area contributed by atoms with Crippen LogP contribution < -0.4 is 10.1 Å². The molecule has 1 saturated carbocycles. The van der Waals surface area contributed by atoms with Gasteiger partial charge in [-0.15, -0.1) is 11.3 Å². The van der Waals surface area contributed by atoms with Crippen LogP contribution in [-0.4, -0.2) is 22.1 Å². The molecule has 2 heterocycles. The topological polar surface area (TPSA) is 67.0 Å². The molecule has 154 valence electrons. The minimum absolute atomic E-state index is 0.0150. The van der Waals surface area contributed by atoms with Crippen molar-refractivity contribution in [2.45, 2.75) is 45.0 Å². The number of ether oxygens (including phenoxy) is 1. The Balaban J connectivity index is 1.60. The summed E-state index contributed by atoms with van der Waals surface area (Å²) < 4.78 is 44.9. The number of amides is 1. The van der Waals surface area contributed by atoms with Crippen LogP contribution in [0.3, 0.4) is 0 Å². The van der Waals surface area contributed by atoms with E-state index in [1.54, 1.807) is 23.0 Å². The SMILES string of the molecule is CC(NC(=O)C1CC1)c1cc2cc(CC(F)(F)F)c(OCc3cscn3)cc2[nH]1. The second-order valence-electron chi connectivity index (χ2n) is 7.34. The molecule has 1 amide bonds. The van der Waals surface area contributed by atoms with E-state index in [0.29, 0.717) is 16.6 Å². The van der Waals surface area contributed by atoms with Gasteiger partial charge in [0.1, 0.15) is 12.4 Å². The van der Waals surface area contributed by atoms with Crippen LogP contribution in [0.15, 0.2) is 29.1 Å². The van der Waals surface area contributed by atoms with E-state index in [2.05, 4.69) is 15.3 Å². The summed E-state index contributed by atoms with van der Waals surface area (Å²) in [6, 6.07) is 4.59. The average Bonchev–Trinajstić information content (AvgIpc) is 3.21. The third-order valence-corrected chi connectivity index (χ3v) is 5.48. The van der Waals surface area contributed by atoms with Gasteiger partial charge in [0.25, 0.3) is 0 Å². The highest BCUT2D eigenvalue weighted by Gasteiger charge is 2.31. The molecule has 0 aliphatic heterocycles. The molecule has 2 aromatic heterocycles. The molecule has 0 spiro atoms. The molecule has 3 aromatic rings. The summed E-state index contributed by atoms with van der Waals surface area (Å²) in [5.41, 5.74) is 3.78. The predicted octanol–water partition coefficient (Wildman–Crippen LogP) is 4.90. The number of nitrogens with zero attached hydrogens (tertiary/aromatic N) is 1. The van der Waals surface area contributed by atoms with Crippen molar-refractivity contribution < 1.29 is 22.7 Å². The molecule has 0 saturated heterocycles. The van der Waals surface area contributed by atoms with Crippen LogP contribution in [0.1, 0.15) is 42.8 Å². The first kappa shape index (κ1) is 19.8. The smallest absolute Gasteiger partial charge is 0.393 e. The summed E-state index contributed by atoms with van der Waals surface area (Å²) in [6.07, 6.45) is -3.61. The molecule has 2 N–H and O–H groups in total. The zero-order chi connectivity index (χ0) is 20.6. The van der Waals surface area contributed by atoms with Crippen LogP contribution in [-0.2, 0) is 17.8 Å². The standard InChI is InChI=1S/C20H20F3N3O2S/c1-11(25-19(27)12-2-3-12)16-5-13-4-14(7-20(21,22)23)18(6-17(13)26-16)28-8-15-9-29-10-24-15/h4-6,9-12,26H,2-3,7-8H2,1H3,(H,25,27). The first-order valence-corrected chi connectivity index (χ1v) is 10.3. The minimum atomic E-state index is -4.35. The summed E-state index contributed by atoms with van der Waals surface area (Å²) in [5.74, 6) is 0.276. The number of fused-ring (bicyclic) bond motifs is 1. The van der Waals surface area contributed by atoms with Crippen LogP contribution >= 0.6 is 11.3 Å². The van der Waals surface area contributed by atoms with Gasteiger partial charge in [-0.2, -0.15) is 13.2 Å². The molecular formula is C20H20F3N3O2S. The second kappa shape index (κ2) is 7.70. The maximum Gasteiger partial charge on any atom is 0.393 e. The number of alkyl halides is 3. The van der Waals surface area contributed by atoms with Crippen LogP contribution in [0.25, 0.3) is 10.9 Å². The number of carbonyl (C=O) groups is 1. The molecule has 29 heavy (non-hydrogen) atoms. The third kappa shape index (κ3) is 4.90. The molecule has 0 bridgehead atoms. The van der Waals surface area contributed by atoms with Crippen molar-refractivity contribution in [3.63, 3.8) is 0 Å². The van der Waals surface area contributed by atoms with Crippen LogP contribution in [0.5, 0.6) is 5.75 Å². The van der Waals surface area contributed by atoms with Gasteiger partial charge in [-0.25, -0.2) is 4.98 Å². The highest BCUT2D eigenvalue weighted by Crippen LogP contribution is 2.34. The molecule has 5 nitrogen and oxygen atoms in total. The summed E-state index contributed by atoms with van der Waals surface area (Å²) >= 11 is 1.40. The molecule has 1 fully saturated rings. The molecule has 0 radical (unpaired) electrons. The number of H-pyrrole nitrogens is 1. The Kier molecular flexibility index (Phi) is 5.24. The predicted molar refractivity (Wildman–Crippen MR) is 104 cm³/mol. The summed E-state index contributed by atoms with van der Waals surface area (Å²) in [6.45, 7) is 1.95. The molecule has 1 aliphatic carbocycles. The van der Waals surface area contributed by atoms with Crippen molar-refractivity contribution in [2.75, 3.05) is 0 Å². The van der Waals surface area contributed by atoms with Gasteiger partial charge in [0, 0.05) is 39.5 Å². The molecule has 1 unspecified atom stereocenters. The van der Waals surface area contributed by atoms with Gasteiger partial charge in [0.15, 0.2) is 0 Å². The maximum absolute atomic E-state index is 13.1. The lowest BCUT2D eigenvalue weighted by molar-refractivity contribution is -0.127. The van der Waals surface area contributed by atoms with E-state index in [1.807, 2.05) is 6.92 Å². The number of rotatable bonds is 7. The second-order valence-corrected chi connectivity index (χ2v) is 8.06. The van der Waals surface area contributed by atoms with Crippen molar-refractivity contribution in [3.8, 4) is 5.75 Å². The first-order valence-electron chi connectivity index (χ1n) is 9.31. The third-order valence-electron chi connectivity index (χ3n) is 4.85. The number of thiazole rings is 1. The van der Waals surface area contributed by atoms with Crippen molar-refractivity contribution in [1.29, 1.82) is 0 Å². The Morgan fingerprint density at radius 2 is 2.17 bits per heavy atom. The van der Waals surface area contributed by atoms with Gasteiger partial charge >= 0.3 is 6.18 Å². The Morgan fingerprint density at radius 1 is 1.38 bits per heavy atom. The van der Waals surface area contributed by atoms with Gasteiger partial charge in [-0.05, 0) is 31.9 Å². The summed E-state index contributed by atoms with van der Waals surface area (Å²) in [4.78, 5) is 19.3. The number of aromatic amines is 1. The number of benzene rings is 1.